The highest BCUT2D eigenvalue weighted by atomic mass is 127. The average Bonchev–Trinajstić information content (AvgIpc) is 3.38. The van der Waals surface area contributed by atoms with Crippen LogP contribution in [-0.4, -0.2) is 47.5 Å². The van der Waals surface area contributed by atoms with Gasteiger partial charge in [0.05, 0.1) is 6.54 Å². The van der Waals surface area contributed by atoms with Gasteiger partial charge in [-0.3, -0.25) is 4.99 Å². The summed E-state index contributed by atoms with van der Waals surface area (Å²) in [6.45, 7) is 1.84. The van der Waals surface area contributed by atoms with Crippen LogP contribution in [-0.2, 0) is 29.7 Å². The number of aliphatic imine (C=N–C) groups is 1. The Labute approximate surface area is 187 Å². The van der Waals surface area contributed by atoms with E-state index in [1.54, 1.807) is 20.2 Å². The highest BCUT2D eigenvalue weighted by Gasteiger charge is 2.45. The van der Waals surface area contributed by atoms with Crippen molar-refractivity contribution in [1.82, 2.24) is 25.4 Å². The summed E-state index contributed by atoms with van der Waals surface area (Å²) in [5.41, 5.74) is 0.678. The Morgan fingerprint density at radius 3 is 2.86 bits per heavy atom. The van der Waals surface area contributed by atoms with E-state index < -0.39 is 0 Å². The van der Waals surface area contributed by atoms with E-state index in [1.165, 1.54) is 6.07 Å². The third-order valence-electron chi connectivity index (χ3n) is 5.63. The zero-order valence-corrected chi connectivity index (χ0v) is 19.2. The Morgan fingerprint density at radius 2 is 2.17 bits per heavy atom. The highest BCUT2D eigenvalue weighted by molar-refractivity contribution is 14.0. The van der Waals surface area contributed by atoms with E-state index in [-0.39, 0.29) is 41.3 Å². The minimum atomic E-state index is -0.123. The SMILES string of the molecule is CN=C(NCC1(c2ccccc2F)CC1)NC1CCc2nc(COC)nn2C1.I. The Balaban J connectivity index is 0.00000240. The molecule has 9 heteroatoms. The number of methoxy groups -OCH3 is 1. The van der Waals surface area contributed by atoms with Crippen LogP contribution in [0.15, 0.2) is 29.3 Å². The number of hydrogen-bond donors (Lipinski definition) is 2. The third kappa shape index (κ3) is 4.88. The number of halogens is 2. The van der Waals surface area contributed by atoms with Gasteiger partial charge in [-0.25, -0.2) is 14.1 Å². The minimum absolute atomic E-state index is 0. The van der Waals surface area contributed by atoms with Crippen molar-refractivity contribution in [3.05, 3.63) is 47.3 Å². The molecular formula is C20H28FIN6O. The van der Waals surface area contributed by atoms with Crippen molar-refractivity contribution in [3.8, 4) is 0 Å². The van der Waals surface area contributed by atoms with E-state index in [2.05, 4.69) is 25.7 Å². The number of fused-ring (bicyclic) bond motifs is 1. The summed E-state index contributed by atoms with van der Waals surface area (Å²) < 4.78 is 21.3. The van der Waals surface area contributed by atoms with Crippen molar-refractivity contribution in [2.75, 3.05) is 20.7 Å². The van der Waals surface area contributed by atoms with Crippen LogP contribution >= 0.6 is 24.0 Å². The van der Waals surface area contributed by atoms with Crippen molar-refractivity contribution in [2.24, 2.45) is 4.99 Å². The topological polar surface area (TPSA) is 76.4 Å². The lowest BCUT2D eigenvalue weighted by Crippen LogP contribution is -2.48. The van der Waals surface area contributed by atoms with E-state index in [4.69, 9.17) is 4.74 Å². The first-order chi connectivity index (χ1) is 13.6. The second-order valence-corrected chi connectivity index (χ2v) is 7.63. The van der Waals surface area contributed by atoms with Crippen molar-refractivity contribution in [1.29, 1.82) is 0 Å². The van der Waals surface area contributed by atoms with Gasteiger partial charge < -0.3 is 15.4 Å². The third-order valence-corrected chi connectivity index (χ3v) is 5.63. The van der Waals surface area contributed by atoms with Gasteiger partial charge >= 0.3 is 0 Å². The number of aryl methyl sites for hydroxylation is 1. The number of benzene rings is 1. The van der Waals surface area contributed by atoms with E-state index in [0.29, 0.717) is 13.2 Å². The van der Waals surface area contributed by atoms with Crippen molar-refractivity contribution in [2.45, 2.75) is 50.3 Å². The van der Waals surface area contributed by atoms with Crippen LogP contribution in [0.3, 0.4) is 0 Å². The molecule has 2 aromatic rings. The fraction of sp³-hybridized carbons (Fsp3) is 0.550. The van der Waals surface area contributed by atoms with E-state index >= 15 is 0 Å². The first kappa shape index (κ1) is 21.9. The van der Waals surface area contributed by atoms with Crippen molar-refractivity contribution >= 4 is 29.9 Å². The fourth-order valence-corrected chi connectivity index (χ4v) is 3.89. The fourth-order valence-electron chi connectivity index (χ4n) is 3.89. The molecule has 1 unspecified atom stereocenters. The molecule has 1 aromatic carbocycles. The lowest BCUT2D eigenvalue weighted by molar-refractivity contribution is 0.177. The predicted octanol–water partition coefficient (Wildman–Crippen LogP) is 2.39. The van der Waals surface area contributed by atoms with Crippen LogP contribution in [0.5, 0.6) is 0 Å². The molecule has 1 aromatic heterocycles. The van der Waals surface area contributed by atoms with E-state index in [0.717, 1.165) is 55.4 Å². The smallest absolute Gasteiger partial charge is 0.191 e. The molecule has 2 N–H and O–H groups in total. The second-order valence-electron chi connectivity index (χ2n) is 7.63. The average molecular weight is 514 g/mol. The number of nitrogens with one attached hydrogen (secondary N) is 2. The molecule has 0 saturated heterocycles. The van der Waals surface area contributed by atoms with Gasteiger partial charge in [0.25, 0.3) is 0 Å². The number of aromatic nitrogens is 3. The quantitative estimate of drug-likeness (QED) is 0.352. The van der Waals surface area contributed by atoms with Gasteiger partial charge in [-0.1, -0.05) is 18.2 Å². The summed E-state index contributed by atoms with van der Waals surface area (Å²) in [7, 11) is 3.41. The molecule has 1 saturated carbocycles. The molecule has 7 nitrogen and oxygen atoms in total. The standard InChI is InChI=1S/C20H27FN6O.HI/c1-22-19(23-13-20(9-10-20)15-5-3-4-6-16(15)21)24-14-7-8-18-25-17(12-28-2)26-27(18)11-14;/h3-6,14H,7-13H2,1-2H3,(H2,22,23,24);1H. The monoisotopic (exact) mass is 514 g/mol. The number of ether oxygens (including phenoxy) is 1. The first-order valence-corrected chi connectivity index (χ1v) is 9.77. The van der Waals surface area contributed by atoms with Crippen molar-refractivity contribution < 1.29 is 9.13 Å². The maximum atomic E-state index is 14.2. The highest BCUT2D eigenvalue weighted by Crippen LogP contribution is 2.48. The summed E-state index contributed by atoms with van der Waals surface area (Å²) >= 11 is 0. The summed E-state index contributed by atoms with van der Waals surface area (Å²) in [5.74, 6) is 2.35. The Morgan fingerprint density at radius 1 is 1.38 bits per heavy atom. The van der Waals surface area contributed by atoms with Crippen LogP contribution in [0.4, 0.5) is 4.39 Å². The van der Waals surface area contributed by atoms with Gasteiger partial charge in [0.1, 0.15) is 18.2 Å². The Bertz CT molecular complexity index is 866. The normalized spacial score (nSPS) is 19.8. The molecule has 0 spiro atoms. The molecule has 1 aliphatic carbocycles. The number of nitrogens with zero attached hydrogens (tertiary/aromatic N) is 4. The van der Waals surface area contributed by atoms with Crippen LogP contribution in [0.1, 0.15) is 36.5 Å². The maximum Gasteiger partial charge on any atom is 0.191 e. The summed E-state index contributed by atoms with van der Waals surface area (Å²) in [5, 5.41) is 11.4. The molecule has 0 radical (unpaired) electrons. The lowest BCUT2D eigenvalue weighted by atomic mass is 9.95. The predicted molar refractivity (Wildman–Crippen MR) is 120 cm³/mol. The van der Waals surface area contributed by atoms with Gasteiger partial charge in [-0.2, -0.15) is 5.10 Å². The molecule has 2 aliphatic rings. The molecule has 1 fully saturated rings. The van der Waals surface area contributed by atoms with Crippen LogP contribution in [0.25, 0.3) is 0 Å². The molecule has 0 amide bonds. The summed E-state index contributed by atoms with van der Waals surface area (Å²) in [6.07, 6.45) is 3.81. The minimum Gasteiger partial charge on any atom is -0.377 e. The maximum absolute atomic E-state index is 14.2. The molecule has 1 atom stereocenters. The molecule has 1 aliphatic heterocycles. The first-order valence-electron chi connectivity index (χ1n) is 9.77. The molecule has 158 valence electrons. The van der Waals surface area contributed by atoms with Gasteiger partial charge in [0, 0.05) is 38.6 Å². The Kier molecular flexibility index (Phi) is 7.10. The lowest BCUT2D eigenvalue weighted by Gasteiger charge is -2.26. The van der Waals surface area contributed by atoms with Crippen LogP contribution < -0.4 is 10.6 Å². The molecule has 4 rings (SSSR count). The summed E-state index contributed by atoms with van der Waals surface area (Å²) in [6, 6.07) is 7.30. The van der Waals surface area contributed by atoms with Gasteiger partial charge in [-0.05, 0) is 30.9 Å². The van der Waals surface area contributed by atoms with Gasteiger partial charge in [-0.15, -0.1) is 24.0 Å². The summed E-state index contributed by atoms with van der Waals surface area (Å²) in [4.78, 5) is 8.87. The van der Waals surface area contributed by atoms with Gasteiger partial charge in [0.2, 0.25) is 0 Å². The zero-order chi connectivity index (χ0) is 19.6. The zero-order valence-electron chi connectivity index (χ0n) is 16.8. The number of hydrogen-bond acceptors (Lipinski definition) is 4. The van der Waals surface area contributed by atoms with Crippen LogP contribution in [0, 0.1) is 5.82 Å². The Hall–Kier alpha value is -1.75. The number of rotatable bonds is 6. The van der Waals surface area contributed by atoms with Gasteiger partial charge in [0.15, 0.2) is 11.8 Å². The second kappa shape index (κ2) is 9.38. The van der Waals surface area contributed by atoms with E-state index in [1.807, 2.05) is 16.8 Å². The molecule has 0 bridgehead atoms. The largest absolute Gasteiger partial charge is 0.377 e. The molecule has 2 heterocycles. The van der Waals surface area contributed by atoms with E-state index in [9.17, 15) is 4.39 Å². The molecular weight excluding hydrogens is 486 g/mol. The van der Waals surface area contributed by atoms with Crippen molar-refractivity contribution in [3.63, 3.8) is 0 Å². The van der Waals surface area contributed by atoms with Crippen LogP contribution in [0.2, 0.25) is 0 Å². The number of guanidine groups is 1. The molecule has 29 heavy (non-hydrogen) atoms.